The second kappa shape index (κ2) is 11.0. The third-order valence-corrected chi connectivity index (χ3v) is 6.30. The summed E-state index contributed by atoms with van der Waals surface area (Å²) in [5.41, 5.74) is -1.58. The maximum atomic E-state index is 13.2. The second-order valence-corrected chi connectivity index (χ2v) is 9.14. The molecule has 1 aromatic heterocycles. The first-order chi connectivity index (χ1) is 18.0. The molecule has 1 aliphatic rings. The van der Waals surface area contributed by atoms with Crippen LogP contribution in [0.4, 0.5) is 26.3 Å². The average Bonchev–Trinajstić information content (AvgIpc) is 3.21. The zero-order valence-corrected chi connectivity index (χ0v) is 20.5. The molecule has 0 radical (unpaired) electrons. The van der Waals surface area contributed by atoms with Crippen LogP contribution < -0.4 is 5.32 Å². The van der Waals surface area contributed by atoms with Gasteiger partial charge in [0.15, 0.2) is 5.96 Å². The van der Waals surface area contributed by atoms with Gasteiger partial charge in [0.05, 0.1) is 29.8 Å². The van der Waals surface area contributed by atoms with E-state index in [0.717, 1.165) is 11.1 Å². The van der Waals surface area contributed by atoms with Crippen LogP contribution in [-0.2, 0) is 35.8 Å². The molecule has 0 bridgehead atoms. The van der Waals surface area contributed by atoms with Crippen LogP contribution in [0.25, 0.3) is 0 Å². The lowest BCUT2D eigenvalue weighted by molar-refractivity contribution is -0.143. The molecule has 1 saturated heterocycles. The van der Waals surface area contributed by atoms with Crippen LogP contribution in [0.15, 0.2) is 78.0 Å². The van der Waals surface area contributed by atoms with E-state index in [1.54, 1.807) is 12.4 Å². The normalized spacial score (nSPS) is 19.1. The Kier molecular flexibility index (Phi) is 7.96. The highest BCUT2D eigenvalue weighted by Crippen LogP contribution is 2.37. The summed E-state index contributed by atoms with van der Waals surface area (Å²) in [6.45, 7) is 0.673. The number of aromatic nitrogens is 1. The summed E-state index contributed by atoms with van der Waals surface area (Å²) < 4.78 is 84.7. The number of rotatable bonds is 8. The van der Waals surface area contributed by atoms with Gasteiger partial charge in [0.2, 0.25) is 0 Å². The molecule has 1 fully saturated rings. The van der Waals surface area contributed by atoms with E-state index < -0.39 is 35.6 Å². The molecule has 2 heterocycles. The lowest BCUT2D eigenvalue weighted by atomic mass is 9.87. The van der Waals surface area contributed by atoms with E-state index >= 15 is 0 Å². The molecule has 11 heteroatoms. The van der Waals surface area contributed by atoms with Gasteiger partial charge in [-0.2, -0.15) is 26.3 Å². The Morgan fingerprint density at radius 1 is 0.921 bits per heavy atom. The van der Waals surface area contributed by atoms with Crippen molar-refractivity contribution in [2.24, 2.45) is 4.99 Å². The van der Waals surface area contributed by atoms with Crippen LogP contribution in [0.2, 0.25) is 0 Å². The van der Waals surface area contributed by atoms with Crippen LogP contribution in [0.1, 0.15) is 34.2 Å². The Bertz CT molecular complexity index is 1220. The summed E-state index contributed by atoms with van der Waals surface area (Å²) in [4.78, 5) is 10.7. The molecule has 38 heavy (non-hydrogen) atoms. The molecule has 0 saturated carbocycles. The van der Waals surface area contributed by atoms with Gasteiger partial charge in [-0.1, -0.05) is 30.3 Å². The van der Waals surface area contributed by atoms with Crippen LogP contribution in [0, 0.1) is 0 Å². The number of benzene rings is 2. The number of hydrogen-bond acceptors (Lipinski definition) is 3. The molecule has 202 valence electrons. The zero-order valence-electron chi connectivity index (χ0n) is 20.5. The third-order valence-electron chi connectivity index (χ3n) is 6.30. The fourth-order valence-electron chi connectivity index (χ4n) is 4.39. The van der Waals surface area contributed by atoms with Gasteiger partial charge in [-0.25, -0.2) is 4.99 Å². The number of halogens is 6. The summed E-state index contributed by atoms with van der Waals surface area (Å²) in [5.74, 6) is 0.665. The van der Waals surface area contributed by atoms with E-state index in [4.69, 9.17) is 4.74 Å². The first-order valence-corrected chi connectivity index (χ1v) is 11.8. The van der Waals surface area contributed by atoms with E-state index in [-0.39, 0.29) is 18.2 Å². The van der Waals surface area contributed by atoms with Gasteiger partial charge in [0.25, 0.3) is 0 Å². The monoisotopic (exact) mass is 536 g/mol. The molecule has 1 aliphatic heterocycles. The highest BCUT2D eigenvalue weighted by atomic mass is 19.4. The Labute approximate surface area is 216 Å². The minimum absolute atomic E-state index is 0.0883. The number of alkyl halides is 6. The Morgan fingerprint density at radius 3 is 2.16 bits per heavy atom. The molecule has 1 atom stereocenters. The third kappa shape index (κ3) is 6.63. The minimum Gasteiger partial charge on any atom is -0.377 e. The van der Waals surface area contributed by atoms with Crippen molar-refractivity contribution >= 4 is 5.96 Å². The van der Waals surface area contributed by atoms with Gasteiger partial charge in [0.1, 0.15) is 0 Å². The zero-order chi connectivity index (χ0) is 27.4. The summed E-state index contributed by atoms with van der Waals surface area (Å²) in [6.07, 6.45) is -6.03. The van der Waals surface area contributed by atoms with Crippen molar-refractivity contribution in [3.63, 3.8) is 0 Å². The van der Waals surface area contributed by atoms with Gasteiger partial charge in [0, 0.05) is 32.6 Å². The SMILES string of the molecule is CN1CC(CCOCc2cc(C(F)(F)F)cc(C(F)(F)F)c2)(c2ccccc2)NC1=NCc1ccncc1. The van der Waals surface area contributed by atoms with Crippen LogP contribution in [0.3, 0.4) is 0 Å². The van der Waals surface area contributed by atoms with Gasteiger partial charge < -0.3 is 15.0 Å². The van der Waals surface area contributed by atoms with Crippen molar-refractivity contribution < 1.29 is 31.1 Å². The maximum Gasteiger partial charge on any atom is 0.416 e. The summed E-state index contributed by atoms with van der Waals surface area (Å²) in [6, 6.07) is 14.8. The van der Waals surface area contributed by atoms with Crippen molar-refractivity contribution in [3.8, 4) is 0 Å². The van der Waals surface area contributed by atoms with E-state index in [1.165, 1.54) is 0 Å². The van der Waals surface area contributed by atoms with Crippen molar-refractivity contribution in [3.05, 3.63) is 101 Å². The molecular weight excluding hydrogens is 510 g/mol. The van der Waals surface area contributed by atoms with Gasteiger partial charge >= 0.3 is 12.4 Å². The molecule has 0 aliphatic carbocycles. The summed E-state index contributed by atoms with van der Waals surface area (Å²) in [7, 11) is 1.89. The maximum absolute atomic E-state index is 13.2. The molecule has 2 aromatic carbocycles. The van der Waals surface area contributed by atoms with Crippen molar-refractivity contribution in [2.75, 3.05) is 20.2 Å². The number of likely N-dealkylation sites (N-methyl/N-ethyl adjacent to an activating group) is 1. The number of aliphatic imine (C=N–C) groups is 1. The van der Waals surface area contributed by atoms with E-state index in [2.05, 4.69) is 15.3 Å². The first kappa shape index (κ1) is 27.4. The van der Waals surface area contributed by atoms with Gasteiger partial charge in [-0.15, -0.1) is 0 Å². The van der Waals surface area contributed by atoms with Crippen molar-refractivity contribution in [1.82, 2.24) is 15.2 Å². The quantitative estimate of drug-likeness (QED) is 0.283. The topological polar surface area (TPSA) is 49.8 Å². The molecule has 5 nitrogen and oxygen atoms in total. The molecule has 1 unspecified atom stereocenters. The van der Waals surface area contributed by atoms with E-state index in [1.807, 2.05) is 54.4 Å². The summed E-state index contributed by atoms with van der Waals surface area (Å²) in [5, 5.41) is 3.48. The number of hydrogen-bond donors (Lipinski definition) is 1. The van der Waals surface area contributed by atoms with Gasteiger partial charge in [-0.05, 0) is 53.4 Å². The molecule has 0 spiro atoms. The van der Waals surface area contributed by atoms with Gasteiger partial charge in [-0.3, -0.25) is 4.98 Å². The predicted molar refractivity (Wildman–Crippen MR) is 130 cm³/mol. The Morgan fingerprint density at radius 2 is 1.55 bits per heavy atom. The van der Waals surface area contributed by atoms with Crippen LogP contribution in [0.5, 0.6) is 0 Å². The first-order valence-electron chi connectivity index (χ1n) is 11.8. The predicted octanol–water partition coefficient (Wildman–Crippen LogP) is 6.01. The lowest BCUT2D eigenvalue weighted by Gasteiger charge is -2.29. The molecule has 0 amide bonds. The molecular formula is C27H26F6N4O. The lowest BCUT2D eigenvalue weighted by Crippen LogP contribution is -2.42. The fraction of sp³-hybridized carbons (Fsp3) is 0.333. The van der Waals surface area contributed by atoms with Crippen molar-refractivity contribution in [2.45, 2.75) is 37.5 Å². The largest absolute Gasteiger partial charge is 0.416 e. The van der Waals surface area contributed by atoms with Crippen LogP contribution >= 0.6 is 0 Å². The van der Waals surface area contributed by atoms with Crippen LogP contribution in [-0.4, -0.2) is 36.0 Å². The second-order valence-electron chi connectivity index (χ2n) is 9.14. The highest BCUT2D eigenvalue weighted by molar-refractivity contribution is 5.83. The van der Waals surface area contributed by atoms with Crippen molar-refractivity contribution in [1.29, 1.82) is 0 Å². The Balaban J connectivity index is 1.48. The smallest absolute Gasteiger partial charge is 0.377 e. The number of ether oxygens (including phenoxy) is 1. The number of guanidine groups is 1. The minimum atomic E-state index is -4.91. The van der Waals surface area contributed by atoms with E-state index in [9.17, 15) is 26.3 Å². The number of pyridine rings is 1. The highest BCUT2D eigenvalue weighted by Gasteiger charge is 2.41. The fourth-order valence-corrected chi connectivity index (χ4v) is 4.39. The number of nitrogens with one attached hydrogen (secondary N) is 1. The molecule has 4 rings (SSSR count). The molecule has 3 aromatic rings. The Hall–Kier alpha value is -3.60. The average molecular weight is 537 g/mol. The van der Waals surface area contributed by atoms with E-state index in [0.29, 0.717) is 37.6 Å². The standard InChI is InChI=1S/C27H26F6N4O/c1-37-18-25(21-5-3-2-4-6-21,36-24(37)35-16-19-7-10-34-11-8-19)9-12-38-17-20-13-22(26(28,29)30)15-23(14-20)27(31,32)33/h2-8,10-11,13-15H,9,12,16-18H2,1H3,(H,35,36). The number of nitrogens with zero attached hydrogens (tertiary/aromatic N) is 3. The summed E-state index contributed by atoms with van der Waals surface area (Å²) >= 11 is 0. The molecule has 1 N–H and O–H groups in total.